The van der Waals surface area contributed by atoms with Crippen LogP contribution in [-0.4, -0.2) is 7.11 Å². The molecule has 0 atom stereocenters. The molecule has 5 heteroatoms. The van der Waals surface area contributed by atoms with Crippen LogP contribution in [0.5, 0.6) is 5.75 Å². The topological polar surface area (TPSA) is 45.0 Å². The normalized spacial score (nSPS) is 9.83. The van der Waals surface area contributed by atoms with Crippen LogP contribution in [-0.2, 0) is 6.54 Å². The van der Waals surface area contributed by atoms with Gasteiger partial charge in [0.25, 0.3) is 0 Å². The van der Waals surface area contributed by atoms with E-state index in [1.54, 1.807) is 18.4 Å². The fourth-order valence-electron chi connectivity index (χ4n) is 1.48. The third-order valence-corrected chi connectivity index (χ3v) is 4.04. The van der Waals surface area contributed by atoms with Crippen LogP contribution < -0.4 is 10.1 Å². The van der Waals surface area contributed by atoms with Crippen molar-refractivity contribution in [2.45, 2.75) is 6.54 Å². The summed E-state index contributed by atoms with van der Waals surface area (Å²) in [5.41, 5.74) is 1.68. The molecule has 0 spiro atoms. The number of hydrogen-bond donors (Lipinski definition) is 1. The van der Waals surface area contributed by atoms with Gasteiger partial charge in [0.1, 0.15) is 11.8 Å². The lowest BCUT2D eigenvalue weighted by Crippen LogP contribution is -1.98. The SMILES string of the molecule is COc1ccc(Br)c(NCc2cc(C#N)cs2)c1. The fourth-order valence-corrected chi connectivity index (χ4v) is 2.62. The lowest BCUT2D eigenvalue weighted by Gasteiger charge is -2.09. The van der Waals surface area contributed by atoms with Crippen molar-refractivity contribution in [2.24, 2.45) is 0 Å². The van der Waals surface area contributed by atoms with Crippen LogP contribution in [0.4, 0.5) is 5.69 Å². The van der Waals surface area contributed by atoms with Crippen LogP contribution >= 0.6 is 27.3 Å². The maximum absolute atomic E-state index is 8.76. The predicted molar refractivity (Wildman–Crippen MR) is 77.1 cm³/mol. The first-order chi connectivity index (χ1) is 8.72. The monoisotopic (exact) mass is 322 g/mol. The van der Waals surface area contributed by atoms with Crippen molar-refractivity contribution in [3.8, 4) is 11.8 Å². The Morgan fingerprint density at radius 1 is 1.44 bits per heavy atom. The Hall–Kier alpha value is -1.51. The van der Waals surface area contributed by atoms with Crippen molar-refractivity contribution in [1.82, 2.24) is 0 Å². The molecule has 0 bridgehead atoms. The van der Waals surface area contributed by atoms with Crippen LogP contribution in [0.3, 0.4) is 0 Å². The molecule has 92 valence electrons. The van der Waals surface area contributed by atoms with Crippen molar-refractivity contribution in [2.75, 3.05) is 12.4 Å². The van der Waals surface area contributed by atoms with E-state index in [9.17, 15) is 0 Å². The van der Waals surface area contributed by atoms with E-state index in [1.165, 1.54) is 0 Å². The van der Waals surface area contributed by atoms with Gasteiger partial charge in [0.2, 0.25) is 0 Å². The molecule has 0 aliphatic rings. The lowest BCUT2D eigenvalue weighted by atomic mass is 10.3. The van der Waals surface area contributed by atoms with Gasteiger partial charge in [-0.3, -0.25) is 0 Å². The van der Waals surface area contributed by atoms with Gasteiger partial charge >= 0.3 is 0 Å². The minimum absolute atomic E-state index is 0.693. The molecule has 1 N–H and O–H groups in total. The summed E-state index contributed by atoms with van der Waals surface area (Å²) in [5.74, 6) is 0.810. The Morgan fingerprint density at radius 2 is 2.28 bits per heavy atom. The highest BCUT2D eigenvalue weighted by Gasteiger charge is 2.03. The lowest BCUT2D eigenvalue weighted by molar-refractivity contribution is 0.415. The van der Waals surface area contributed by atoms with Crippen LogP contribution in [0.15, 0.2) is 34.1 Å². The summed E-state index contributed by atoms with van der Waals surface area (Å²) in [6, 6.07) is 9.79. The van der Waals surface area contributed by atoms with Gasteiger partial charge in [-0.15, -0.1) is 11.3 Å². The van der Waals surface area contributed by atoms with Crippen LogP contribution in [0.1, 0.15) is 10.4 Å². The highest BCUT2D eigenvalue weighted by molar-refractivity contribution is 9.10. The molecule has 0 aliphatic heterocycles. The molecule has 1 heterocycles. The molecule has 2 rings (SSSR count). The smallest absolute Gasteiger partial charge is 0.121 e. The molecule has 18 heavy (non-hydrogen) atoms. The number of anilines is 1. The average molecular weight is 323 g/mol. The summed E-state index contributed by atoms with van der Waals surface area (Å²) in [4.78, 5) is 1.13. The van der Waals surface area contributed by atoms with Crippen molar-refractivity contribution in [3.63, 3.8) is 0 Å². The molecule has 1 aromatic carbocycles. The molecule has 0 fully saturated rings. The van der Waals surface area contributed by atoms with Gasteiger partial charge in [-0.25, -0.2) is 0 Å². The molecule has 0 unspecified atom stereocenters. The summed E-state index contributed by atoms with van der Waals surface area (Å²) in [6.45, 7) is 0.693. The van der Waals surface area contributed by atoms with E-state index in [0.717, 1.165) is 20.8 Å². The van der Waals surface area contributed by atoms with Crippen molar-refractivity contribution >= 4 is 33.0 Å². The molecular weight excluding hydrogens is 312 g/mol. The molecule has 0 saturated carbocycles. The summed E-state index contributed by atoms with van der Waals surface area (Å²) in [7, 11) is 1.64. The van der Waals surface area contributed by atoms with Gasteiger partial charge in [-0.2, -0.15) is 5.26 Å². The molecule has 2 aromatic rings. The average Bonchev–Trinajstić information content (AvgIpc) is 2.86. The molecule has 0 aliphatic carbocycles. The van der Waals surface area contributed by atoms with Gasteiger partial charge in [-0.05, 0) is 34.1 Å². The van der Waals surface area contributed by atoms with E-state index in [-0.39, 0.29) is 0 Å². The quantitative estimate of drug-likeness (QED) is 0.925. The maximum atomic E-state index is 8.76. The van der Waals surface area contributed by atoms with Gasteiger partial charge in [0.05, 0.1) is 18.4 Å². The van der Waals surface area contributed by atoms with Crippen LogP contribution in [0.25, 0.3) is 0 Å². The van der Waals surface area contributed by atoms with Gasteiger partial charge in [0.15, 0.2) is 0 Å². The van der Waals surface area contributed by atoms with E-state index < -0.39 is 0 Å². The number of nitrogens with one attached hydrogen (secondary N) is 1. The number of benzene rings is 1. The second-order valence-electron chi connectivity index (χ2n) is 3.61. The zero-order chi connectivity index (χ0) is 13.0. The summed E-state index contributed by atoms with van der Waals surface area (Å²) in [5, 5.41) is 13.9. The second-order valence-corrected chi connectivity index (χ2v) is 5.46. The van der Waals surface area contributed by atoms with Crippen LogP contribution in [0, 0.1) is 11.3 Å². The first kappa shape index (κ1) is 12.9. The molecule has 0 saturated heterocycles. The molecule has 0 amide bonds. The molecule has 0 radical (unpaired) electrons. The molecular formula is C13H11BrN2OS. The molecule has 1 aromatic heterocycles. The second kappa shape index (κ2) is 5.89. The first-order valence-electron chi connectivity index (χ1n) is 5.28. The first-order valence-corrected chi connectivity index (χ1v) is 6.95. The summed E-state index contributed by atoms with van der Waals surface area (Å²) < 4.78 is 6.17. The number of rotatable bonds is 4. The minimum Gasteiger partial charge on any atom is -0.497 e. The highest BCUT2D eigenvalue weighted by atomic mass is 79.9. The van der Waals surface area contributed by atoms with Crippen molar-refractivity contribution in [1.29, 1.82) is 5.26 Å². The third-order valence-electron chi connectivity index (χ3n) is 2.41. The number of nitrogens with zero attached hydrogens (tertiary/aromatic N) is 1. The Morgan fingerprint density at radius 3 is 2.94 bits per heavy atom. The zero-order valence-electron chi connectivity index (χ0n) is 9.74. The largest absolute Gasteiger partial charge is 0.497 e. The Balaban J connectivity index is 2.08. The third kappa shape index (κ3) is 3.03. The van der Waals surface area contributed by atoms with E-state index in [1.807, 2.05) is 29.6 Å². The highest BCUT2D eigenvalue weighted by Crippen LogP contribution is 2.28. The van der Waals surface area contributed by atoms with Crippen LogP contribution in [0.2, 0.25) is 0 Å². The fraction of sp³-hybridized carbons (Fsp3) is 0.154. The number of halogens is 1. The Labute approximate surface area is 118 Å². The van der Waals surface area contributed by atoms with Crippen molar-refractivity contribution in [3.05, 3.63) is 44.6 Å². The number of hydrogen-bond acceptors (Lipinski definition) is 4. The standard InChI is InChI=1S/C13H11BrN2OS/c1-17-10-2-3-12(14)13(5-10)16-7-11-4-9(6-15)8-18-11/h2-5,8,16H,7H2,1H3. The number of thiophene rings is 1. The van der Waals surface area contributed by atoms with Gasteiger partial charge in [-0.1, -0.05) is 0 Å². The summed E-state index contributed by atoms with van der Waals surface area (Å²) in [6.07, 6.45) is 0. The van der Waals surface area contributed by atoms with Gasteiger partial charge in [0, 0.05) is 27.3 Å². The van der Waals surface area contributed by atoms with Gasteiger partial charge < -0.3 is 10.1 Å². The Bertz CT molecular complexity index is 589. The molecule has 3 nitrogen and oxygen atoms in total. The number of ether oxygens (including phenoxy) is 1. The van der Waals surface area contributed by atoms with E-state index in [4.69, 9.17) is 10.00 Å². The minimum atomic E-state index is 0.693. The van der Waals surface area contributed by atoms with E-state index in [2.05, 4.69) is 27.3 Å². The summed E-state index contributed by atoms with van der Waals surface area (Å²) >= 11 is 5.06. The van der Waals surface area contributed by atoms with E-state index in [0.29, 0.717) is 12.1 Å². The zero-order valence-corrected chi connectivity index (χ0v) is 12.1. The number of methoxy groups -OCH3 is 1. The maximum Gasteiger partial charge on any atom is 0.121 e. The predicted octanol–water partition coefficient (Wildman–Crippen LogP) is 4.00. The Kier molecular flexibility index (Phi) is 4.24. The number of nitriles is 1. The van der Waals surface area contributed by atoms with Crippen molar-refractivity contribution < 1.29 is 4.74 Å². The van der Waals surface area contributed by atoms with E-state index >= 15 is 0 Å².